The number of carbonyl (C=O) groups excluding carboxylic acids is 1. The summed E-state index contributed by atoms with van der Waals surface area (Å²) in [4.78, 5) is 25.8. The molecule has 0 atom stereocenters. The third-order valence-corrected chi connectivity index (χ3v) is 3.29. The molecule has 0 amide bonds. The fourth-order valence-electron chi connectivity index (χ4n) is 2.39. The summed E-state index contributed by atoms with van der Waals surface area (Å²) in [5.74, 6) is -1.02. The van der Waals surface area contributed by atoms with Gasteiger partial charge in [0, 0.05) is 22.0 Å². The van der Waals surface area contributed by atoms with Gasteiger partial charge in [-0.3, -0.25) is 4.79 Å². The molecule has 20 heavy (non-hydrogen) atoms. The third-order valence-electron chi connectivity index (χ3n) is 3.29. The topological polar surface area (TPSA) is 70.2 Å². The predicted octanol–water partition coefficient (Wildman–Crippen LogP) is 3.35. The van der Waals surface area contributed by atoms with Crippen LogP contribution in [0.2, 0.25) is 0 Å². The van der Waals surface area contributed by atoms with Crippen LogP contribution in [-0.2, 0) is 0 Å². The first-order valence-corrected chi connectivity index (χ1v) is 6.11. The van der Waals surface area contributed by atoms with E-state index in [4.69, 9.17) is 0 Å². The molecule has 4 heteroatoms. The van der Waals surface area contributed by atoms with Crippen molar-refractivity contribution in [3.8, 4) is 11.3 Å². The number of carbonyl (C=O) groups is 2. The molecule has 0 fully saturated rings. The summed E-state index contributed by atoms with van der Waals surface area (Å²) >= 11 is 0. The van der Waals surface area contributed by atoms with Gasteiger partial charge >= 0.3 is 5.97 Å². The molecule has 4 nitrogen and oxygen atoms in total. The molecular weight excluding hydrogens is 254 g/mol. The average Bonchev–Trinajstić information content (AvgIpc) is 2.85. The molecule has 1 aromatic heterocycles. The quantitative estimate of drug-likeness (QED) is 0.713. The first-order chi connectivity index (χ1) is 9.72. The van der Waals surface area contributed by atoms with Gasteiger partial charge in [-0.2, -0.15) is 0 Å². The van der Waals surface area contributed by atoms with Gasteiger partial charge in [0.05, 0.1) is 11.3 Å². The number of hydrogen-bond acceptors (Lipinski definition) is 2. The molecule has 0 aliphatic heterocycles. The van der Waals surface area contributed by atoms with Crippen molar-refractivity contribution in [1.29, 1.82) is 0 Å². The smallest absolute Gasteiger partial charge is 0.336 e. The summed E-state index contributed by atoms with van der Waals surface area (Å²) < 4.78 is 0. The van der Waals surface area contributed by atoms with Crippen LogP contribution in [0.25, 0.3) is 22.2 Å². The van der Waals surface area contributed by atoms with Crippen molar-refractivity contribution in [2.45, 2.75) is 0 Å². The van der Waals surface area contributed by atoms with Gasteiger partial charge in [0.1, 0.15) is 0 Å². The largest absolute Gasteiger partial charge is 0.478 e. The predicted molar refractivity (Wildman–Crippen MR) is 76.1 cm³/mol. The lowest BCUT2D eigenvalue weighted by Crippen LogP contribution is -2.00. The molecule has 98 valence electrons. The van der Waals surface area contributed by atoms with Gasteiger partial charge in [0.25, 0.3) is 0 Å². The normalized spacial score (nSPS) is 10.6. The van der Waals surface area contributed by atoms with Crippen LogP contribution in [0.4, 0.5) is 0 Å². The molecule has 0 bridgehead atoms. The van der Waals surface area contributed by atoms with E-state index < -0.39 is 5.97 Å². The second-order valence-electron chi connectivity index (χ2n) is 4.43. The lowest BCUT2D eigenvalue weighted by molar-refractivity contribution is 0.0697. The van der Waals surface area contributed by atoms with E-state index in [9.17, 15) is 14.7 Å². The molecule has 0 aliphatic carbocycles. The number of aldehydes is 1. The maximum absolute atomic E-state index is 11.4. The molecule has 0 saturated heterocycles. The zero-order valence-electron chi connectivity index (χ0n) is 10.5. The fourth-order valence-corrected chi connectivity index (χ4v) is 2.39. The number of hydrogen-bond donors (Lipinski definition) is 2. The standard InChI is InChI=1S/C16H11NO3/c18-9-13-10-5-3-4-8-14(10)17-15(13)11-6-1-2-7-12(11)16(19)20/h1-9,17H,(H,19,20). The molecule has 3 aromatic rings. The number of nitrogens with one attached hydrogen (secondary N) is 1. The second kappa shape index (κ2) is 4.66. The van der Waals surface area contributed by atoms with E-state index in [0.717, 1.165) is 17.2 Å². The summed E-state index contributed by atoms with van der Waals surface area (Å²) in [5.41, 5.74) is 2.51. The van der Waals surface area contributed by atoms with Crippen LogP contribution in [0.1, 0.15) is 20.7 Å². The summed E-state index contributed by atoms with van der Waals surface area (Å²) in [6.45, 7) is 0. The number of aromatic carboxylic acids is 1. The highest BCUT2D eigenvalue weighted by molar-refractivity contribution is 6.07. The molecule has 0 saturated carbocycles. The lowest BCUT2D eigenvalue weighted by Gasteiger charge is -2.04. The third kappa shape index (κ3) is 1.78. The average molecular weight is 265 g/mol. The van der Waals surface area contributed by atoms with Gasteiger partial charge in [0.15, 0.2) is 6.29 Å². The molecular formula is C16H11NO3. The number of aromatic amines is 1. The SMILES string of the molecule is O=Cc1c(-c2ccccc2C(=O)O)[nH]c2ccccc12. The molecule has 0 aliphatic rings. The Labute approximate surface area is 114 Å². The molecule has 0 unspecified atom stereocenters. The van der Waals surface area contributed by atoms with Gasteiger partial charge in [-0.05, 0) is 12.1 Å². The maximum Gasteiger partial charge on any atom is 0.336 e. The number of rotatable bonds is 3. The van der Waals surface area contributed by atoms with Gasteiger partial charge in [-0.1, -0.05) is 36.4 Å². The van der Waals surface area contributed by atoms with Crippen LogP contribution in [0.3, 0.4) is 0 Å². The summed E-state index contributed by atoms with van der Waals surface area (Å²) in [6, 6.07) is 14.0. The van der Waals surface area contributed by atoms with Gasteiger partial charge in [0.2, 0.25) is 0 Å². The second-order valence-corrected chi connectivity index (χ2v) is 4.43. The van der Waals surface area contributed by atoms with Crippen LogP contribution in [-0.4, -0.2) is 22.3 Å². The van der Waals surface area contributed by atoms with E-state index in [2.05, 4.69) is 4.98 Å². The minimum Gasteiger partial charge on any atom is -0.478 e. The van der Waals surface area contributed by atoms with Crippen molar-refractivity contribution in [2.75, 3.05) is 0 Å². The lowest BCUT2D eigenvalue weighted by atomic mass is 10.0. The van der Waals surface area contributed by atoms with Crippen LogP contribution in [0.5, 0.6) is 0 Å². The Hall–Kier alpha value is -2.88. The monoisotopic (exact) mass is 265 g/mol. The van der Waals surface area contributed by atoms with Crippen molar-refractivity contribution in [3.63, 3.8) is 0 Å². The van der Waals surface area contributed by atoms with E-state index in [1.165, 1.54) is 6.07 Å². The van der Waals surface area contributed by atoms with E-state index >= 15 is 0 Å². The first-order valence-electron chi connectivity index (χ1n) is 6.11. The number of H-pyrrole nitrogens is 1. The van der Waals surface area contributed by atoms with E-state index in [-0.39, 0.29) is 5.56 Å². The van der Waals surface area contributed by atoms with Crippen LogP contribution < -0.4 is 0 Å². The molecule has 1 heterocycles. The number of benzene rings is 2. The summed E-state index contributed by atoms with van der Waals surface area (Å²) in [5, 5.41) is 10.1. The van der Waals surface area contributed by atoms with Gasteiger partial charge in [-0.25, -0.2) is 4.79 Å². The van der Waals surface area contributed by atoms with Crippen LogP contribution in [0, 0.1) is 0 Å². The summed E-state index contributed by atoms with van der Waals surface area (Å²) in [6.07, 6.45) is 0.757. The molecule has 3 rings (SSSR count). The number of carboxylic acid groups (broad SMARTS) is 1. The van der Waals surface area contributed by atoms with Crippen molar-refractivity contribution in [3.05, 3.63) is 59.7 Å². The van der Waals surface area contributed by atoms with Gasteiger partial charge in [-0.15, -0.1) is 0 Å². The Morgan fingerprint density at radius 2 is 1.75 bits per heavy atom. The van der Waals surface area contributed by atoms with Crippen molar-refractivity contribution >= 4 is 23.2 Å². The van der Waals surface area contributed by atoms with Crippen molar-refractivity contribution in [1.82, 2.24) is 4.98 Å². The molecule has 2 N–H and O–H groups in total. The van der Waals surface area contributed by atoms with Crippen LogP contribution >= 0.6 is 0 Å². The van der Waals surface area contributed by atoms with Gasteiger partial charge < -0.3 is 10.1 Å². The minimum atomic E-state index is -1.02. The molecule has 0 spiro atoms. The fraction of sp³-hybridized carbons (Fsp3) is 0. The number of fused-ring (bicyclic) bond motifs is 1. The van der Waals surface area contributed by atoms with E-state index in [1.54, 1.807) is 18.2 Å². The van der Waals surface area contributed by atoms with E-state index in [1.807, 2.05) is 24.3 Å². The summed E-state index contributed by atoms with van der Waals surface area (Å²) in [7, 11) is 0. The Bertz CT molecular complexity index is 817. The number of aromatic nitrogens is 1. The van der Waals surface area contributed by atoms with Crippen molar-refractivity contribution < 1.29 is 14.7 Å². The highest BCUT2D eigenvalue weighted by Gasteiger charge is 2.17. The highest BCUT2D eigenvalue weighted by Crippen LogP contribution is 2.31. The molecule has 2 aromatic carbocycles. The minimum absolute atomic E-state index is 0.169. The zero-order valence-corrected chi connectivity index (χ0v) is 10.5. The maximum atomic E-state index is 11.4. The number of carboxylic acids is 1. The Morgan fingerprint density at radius 3 is 2.50 bits per heavy atom. The molecule has 0 radical (unpaired) electrons. The Kier molecular flexibility index (Phi) is 2.84. The number of para-hydroxylation sites is 1. The zero-order chi connectivity index (χ0) is 14.1. The Balaban J connectivity index is 2.35. The highest BCUT2D eigenvalue weighted by atomic mass is 16.4. The Morgan fingerprint density at radius 1 is 1.05 bits per heavy atom. The van der Waals surface area contributed by atoms with Crippen molar-refractivity contribution in [2.24, 2.45) is 0 Å². The first kappa shape index (κ1) is 12.2. The van der Waals surface area contributed by atoms with E-state index in [0.29, 0.717) is 16.8 Å². The van der Waals surface area contributed by atoms with Crippen LogP contribution in [0.15, 0.2) is 48.5 Å².